The van der Waals surface area contributed by atoms with E-state index in [1.807, 2.05) is 24.3 Å². The number of nitrogens with zero attached hydrogens (tertiary/aromatic N) is 3. The molecule has 2 amide bonds. The smallest absolute Gasteiger partial charge is 0.287 e. The summed E-state index contributed by atoms with van der Waals surface area (Å²) >= 11 is 0. The van der Waals surface area contributed by atoms with Gasteiger partial charge in [0.15, 0.2) is 0 Å². The molecule has 0 heterocycles. The van der Waals surface area contributed by atoms with Crippen molar-refractivity contribution in [1.82, 2.24) is 10.7 Å². The van der Waals surface area contributed by atoms with Gasteiger partial charge in [0.2, 0.25) is 0 Å². The molecule has 9 nitrogen and oxygen atoms in total. The van der Waals surface area contributed by atoms with Crippen LogP contribution in [0, 0.1) is 10.1 Å². The summed E-state index contributed by atoms with van der Waals surface area (Å²) in [4.78, 5) is 38.1. The molecule has 0 aromatic heterocycles. The molecule has 0 atom stereocenters. The lowest BCUT2D eigenvalue weighted by Gasteiger charge is -2.20. The van der Waals surface area contributed by atoms with Gasteiger partial charge in [0, 0.05) is 36.5 Å². The van der Waals surface area contributed by atoms with Crippen LogP contribution in [0.4, 0.5) is 11.4 Å². The molecule has 0 unspecified atom stereocenters. The van der Waals surface area contributed by atoms with Crippen LogP contribution in [0.3, 0.4) is 0 Å². The predicted octanol–water partition coefficient (Wildman–Crippen LogP) is 4.36. The van der Waals surface area contributed by atoms with Crippen LogP contribution < -0.4 is 15.6 Å². The van der Waals surface area contributed by atoms with Gasteiger partial charge < -0.3 is 10.2 Å². The fourth-order valence-corrected chi connectivity index (χ4v) is 3.39. The van der Waals surface area contributed by atoms with Crippen LogP contribution in [0.2, 0.25) is 0 Å². The summed E-state index contributed by atoms with van der Waals surface area (Å²) < 4.78 is 0. The first-order valence-corrected chi connectivity index (χ1v) is 11.4. The number of hydrazone groups is 1. The van der Waals surface area contributed by atoms with Crippen molar-refractivity contribution in [2.75, 3.05) is 18.0 Å². The molecule has 3 aromatic rings. The maximum absolute atomic E-state index is 12.9. The molecule has 0 radical (unpaired) electrons. The summed E-state index contributed by atoms with van der Waals surface area (Å²) in [5, 5.41) is 17.4. The van der Waals surface area contributed by atoms with Gasteiger partial charge in [0.1, 0.15) is 5.70 Å². The number of non-ortho nitro benzene ring substituents is 1. The van der Waals surface area contributed by atoms with Gasteiger partial charge in [-0.2, -0.15) is 5.10 Å². The fraction of sp³-hybridized carbons (Fsp3) is 0.148. The average molecular weight is 486 g/mol. The standard InChI is InChI=1S/C27H27N5O4/c1-3-31(4-2)23-14-10-20(11-15-23)18-25(29-26(33)22-8-6-5-7-9-22)27(34)30-28-19-21-12-16-24(17-13-21)32(35)36/h5-19H,3-4H2,1-2H3,(H,29,33)(H,30,34)/b25-18+,28-19+. The minimum Gasteiger partial charge on any atom is -0.372 e. The molecule has 0 fully saturated rings. The molecule has 0 bridgehead atoms. The van der Waals surface area contributed by atoms with E-state index in [1.165, 1.54) is 30.5 Å². The van der Waals surface area contributed by atoms with E-state index in [9.17, 15) is 19.7 Å². The highest BCUT2D eigenvalue weighted by atomic mass is 16.6. The molecule has 2 N–H and O–H groups in total. The second-order valence-electron chi connectivity index (χ2n) is 7.69. The van der Waals surface area contributed by atoms with E-state index < -0.39 is 16.7 Å². The van der Waals surface area contributed by atoms with Crippen molar-refractivity contribution >= 4 is 35.5 Å². The molecule has 0 aliphatic heterocycles. The second-order valence-corrected chi connectivity index (χ2v) is 7.69. The van der Waals surface area contributed by atoms with Crippen molar-refractivity contribution in [3.63, 3.8) is 0 Å². The number of anilines is 1. The number of nitro groups is 1. The molecule has 0 spiro atoms. The van der Waals surface area contributed by atoms with Crippen LogP contribution in [0.15, 0.2) is 89.7 Å². The summed E-state index contributed by atoms with van der Waals surface area (Å²) in [6, 6.07) is 21.9. The molecule has 9 heteroatoms. The third-order valence-corrected chi connectivity index (χ3v) is 5.35. The van der Waals surface area contributed by atoms with E-state index in [-0.39, 0.29) is 11.4 Å². The Labute approximate surface area is 209 Å². The van der Waals surface area contributed by atoms with Crippen LogP contribution in [0.1, 0.15) is 35.3 Å². The Bertz CT molecular complexity index is 1250. The Morgan fingerprint density at radius 1 is 0.917 bits per heavy atom. The number of amides is 2. The number of nitro benzene ring substituents is 1. The zero-order valence-corrected chi connectivity index (χ0v) is 20.0. The normalized spacial score (nSPS) is 11.2. The number of benzene rings is 3. The highest BCUT2D eigenvalue weighted by Crippen LogP contribution is 2.17. The Morgan fingerprint density at radius 2 is 1.53 bits per heavy atom. The van der Waals surface area contributed by atoms with Gasteiger partial charge in [-0.25, -0.2) is 5.43 Å². The highest BCUT2D eigenvalue weighted by Gasteiger charge is 2.14. The van der Waals surface area contributed by atoms with Crippen LogP contribution in [0.5, 0.6) is 0 Å². The van der Waals surface area contributed by atoms with Crippen LogP contribution in [-0.2, 0) is 4.79 Å². The number of hydrogen-bond donors (Lipinski definition) is 2. The topological polar surface area (TPSA) is 117 Å². The second kappa shape index (κ2) is 12.6. The molecule has 184 valence electrons. The van der Waals surface area contributed by atoms with E-state index in [0.717, 1.165) is 24.3 Å². The Balaban J connectivity index is 1.80. The number of hydrogen-bond acceptors (Lipinski definition) is 6. The average Bonchev–Trinajstić information content (AvgIpc) is 2.90. The van der Waals surface area contributed by atoms with E-state index in [4.69, 9.17) is 0 Å². The third kappa shape index (κ3) is 7.10. The lowest BCUT2D eigenvalue weighted by Crippen LogP contribution is -2.32. The zero-order chi connectivity index (χ0) is 25.9. The predicted molar refractivity (Wildman–Crippen MR) is 141 cm³/mol. The number of rotatable bonds is 10. The maximum atomic E-state index is 12.9. The van der Waals surface area contributed by atoms with Crippen molar-refractivity contribution in [3.05, 3.63) is 111 Å². The first-order chi connectivity index (χ1) is 17.4. The van der Waals surface area contributed by atoms with Gasteiger partial charge in [-0.15, -0.1) is 0 Å². The molecule has 36 heavy (non-hydrogen) atoms. The van der Waals surface area contributed by atoms with E-state index in [2.05, 4.69) is 34.6 Å². The summed E-state index contributed by atoms with van der Waals surface area (Å²) in [6.45, 7) is 5.91. The Morgan fingerprint density at radius 3 is 2.11 bits per heavy atom. The van der Waals surface area contributed by atoms with Crippen LogP contribution >= 0.6 is 0 Å². The fourth-order valence-electron chi connectivity index (χ4n) is 3.39. The van der Waals surface area contributed by atoms with Crippen molar-refractivity contribution in [1.29, 1.82) is 0 Å². The first kappa shape index (κ1) is 25.8. The quantitative estimate of drug-likeness (QED) is 0.191. The largest absolute Gasteiger partial charge is 0.372 e. The van der Waals surface area contributed by atoms with E-state index in [0.29, 0.717) is 11.1 Å². The lowest BCUT2D eigenvalue weighted by molar-refractivity contribution is -0.384. The number of nitrogens with one attached hydrogen (secondary N) is 2. The first-order valence-electron chi connectivity index (χ1n) is 11.4. The van der Waals surface area contributed by atoms with Crippen molar-refractivity contribution < 1.29 is 14.5 Å². The van der Waals surface area contributed by atoms with Gasteiger partial charge in [-0.05, 0) is 67.4 Å². The molecular formula is C27H27N5O4. The van der Waals surface area contributed by atoms with Crippen LogP contribution in [0.25, 0.3) is 6.08 Å². The molecule has 3 rings (SSSR count). The van der Waals surface area contributed by atoms with Crippen molar-refractivity contribution in [2.45, 2.75) is 13.8 Å². The Kier molecular flexibility index (Phi) is 9.05. The van der Waals surface area contributed by atoms with Crippen LogP contribution in [-0.4, -0.2) is 36.0 Å². The SMILES string of the molecule is CCN(CC)c1ccc(/C=C(/NC(=O)c2ccccc2)C(=O)N/N=C/c2ccc([N+](=O)[O-])cc2)cc1. The monoisotopic (exact) mass is 485 g/mol. The van der Waals surface area contributed by atoms with Crippen molar-refractivity contribution in [3.8, 4) is 0 Å². The van der Waals surface area contributed by atoms with Gasteiger partial charge in [-0.1, -0.05) is 30.3 Å². The maximum Gasteiger partial charge on any atom is 0.287 e. The summed E-state index contributed by atoms with van der Waals surface area (Å²) in [6.07, 6.45) is 2.93. The van der Waals surface area contributed by atoms with E-state index in [1.54, 1.807) is 36.4 Å². The molecule has 3 aromatic carbocycles. The van der Waals surface area contributed by atoms with Gasteiger partial charge in [-0.3, -0.25) is 19.7 Å². The van der Waals surface area contributed by atoms with Gasteiger partial charge in [0.25, 0.3) is 17.5 Å². The lowest BCUT2D eigenvalue weighted by atomic mass is 10.1. The molecular weight excluding hydrogens is 458 g/mol. The third-order valence-electron chi connectivity index (χ3n) is 5.35. The molecule has 0 saturated heterocycles. The minimum atomic E-state index is -0.620. The van der Waals surface area contributed by atoms with Gasteiger partial charge >= 0.3 is 0 Å². The number of carbonyl (C=O) groups is 2. The number of carbonyl (C=O) groups excluding carboxylic acids is 2. The zero-order valence-electron chi connectivity index (χ0n) is 20.0. The van der Waals surface area contributed by atoms with Gasteiger partial charge in [0.05, 0.1) is 11.1 Å². The van der Waals surface area contributed by atoms with Crippen molar-refractivity contribution in [2.24, 2.45) is 5.10 Å². The summed E-state index contributed by atoms with van der Waals surface area (Å²) in [5.74, 6) is -1.05. The summed E-state index contributed by atoms with van der Waals surface area (Å²) in [7, 11) is 0. The molecule has 0 saturated carbocycles. The highest BCUT2D eigenvalue weighted by molar-refractivity contribution is 6.05. The Hall–Kier alpha value is -4.79. The van der Waals surface area contributed by atoms with E-state index >= 15 is 0 Å². The molecule has 0 aliphatic carbocycles. The minimum absolute atomic E-state index is 0.0142. The summed E-state index contributed by atoms with van der Waals surface area (Å²) in [5.41, 5.74) is 5.12. The molecule has 0 aliphatic rings.